The lowest BCUT2D eigenvalue weighted by molar-refractivity contribution is 0.499. The standard InChI is InChI=1S/C12H14F2N4/c1-18-7-8(6-16-18)12(17-15)5-9-10(13)3-2-4-11(9)14/h2-4,6-7,12,17H,5,15H2,1H3. The van der Waals surface area contributed by atoms with Crippen LogP contribution in [0, 0.1) is 11.6 Å². The number of nitrogens with one attached hydrogen (secondary N) is 1. The molecule has 1 atom stereocenters. The topological polar surface area (TPSA) is 55.9 Å². The number of hydrogen-bond donors (Lipinski definition) is 2. The molecule has 0 aliphatic rings. The zero-order chi connectivity index (χ0) is 13.1. The average molecular weight is 252 g/mol. The van der Waals surface area contributed by atoms with Crippen molar-refractivity contribution < 1.29 is 8.78 Å². The second-order valence-electron chi connectivity index (χ2n) is 4.07. The summed E-state index contributed by atoms with van der Waals surface area (Å²) in [7, 11) is 1.76. The number of aryl methyl sites for hydroxylation is 1. The summed E-state index contributed by atoms with van der Waals surface area (Å²) in [6, 6.07) is 3.42. The van der Waals surface area contributed by atoms with Crippen LogP contribution in [0.4, 0.5) is 8.78 Å². The highest BCUT2D eigenvalue weighted by molar-refractivity contribution is 5.23. The van der Waals surface area contributed by atoms with Gasteiger partial charge in [0.2, 0.25) is 0 Å². The average Bonchev–Trinajstić information content (AvgIpc) is 2.76. The van der Waals surface area contributed by atoms with Gasteiger partial charge in [0.05, 0.1) is 12.2 Å². The third kappa shape index (κ3) is 2.55. The zero-order valence-electron chi connectivity index (χ0n) is 9.90. The molecule has 0 fully saturated rings. The molecule has 0 aliphatic carbocycles. The van der Waals surface area contributed by atoms with Gasteiger partial charge in [0.1, 0.15) is 11.6 Å². The van der Waals surface area contributed by atoms with Crippen LogP contribution in [0.1, 0.15) is 17.2 Å². The molecule has 6 heteroatoms. The molecule has 0 aliphatic heterocycles. The van der Waals surface area contributed by atoms with E-state index in [1.807, 2.05) is 0 Å². The number of hydrazine groups is 1. The van der Waals surface area contributed by atoms with E-state index in [4.69, 9.17) is 5.84 Å². The van der Waals surface area contributed by atoms with Crippen LogP contribution in [0.3, 0.4) is 0 Å². The number of halogens is 2. The minimum Gasteiger partial charge on any atom is -0.275 e. The second kappa shape index (κ2) is 5.24. The monoisotopic (exact) mass is 252 g/mol. The summed E-state index contributed by atoms with van der Waals surface area (Å²) in [5, 5.41) is 4.01. The summed E-state index contributed by atoms with van der Waals surface area (Å²) < 4.78 is 28.7. The molecule has 0 bridgehead atoms. The SMILES string of the molecule is Cn1cc(C(Cc2c(F)cccc2F)NN)cn1. The first-order chi connectivity index (χ1) is 8.61. The number of benzene rings is 1. The first-order valence-electron chi connectivity index (χ1n) is 5.49. The van der Waals surface area contributed by atoms with Crippen LogP contribution in [-0.4, -0.2) is 9.78 Å². The Morgan fingerprint density at radius 3 is 2.56 bits per heavy atom. The fraction of sp³-hybridized carbons (Fsp3) is 0.250. The Hall–Kier alpha value is -1.79. The lowest BCUT2D eigenvalue weighted by atomic mass is 10.0. The maximum absolute atomic E-state index is 13.5. The van der Waals surface area contributed by atoms with Gasteiger partial charge >= 0.3 is 0 Å². The van der Waals surface area contributed by atoms with E-state index in [-0.39, 0.29) is 18.0 Å². The Kier molecular flexibility index (Phi) is 3.69. The predicted molar refractivity (Wildman–Crippen MR) is 63.3 cm³/mol. The van der Waals surface area contributed by atoms with Crippen molar-refractivity contribution in [3.05, 3.63) is 53.4 Å². The van der Waals surface area contributed by atoms with Crippen molar-refractivity contribution in [2.24, 2.45) is 12.9 Å². The maximum atomic E-state index is 13.5. The molecular formula is C12H14F2N4. The van der Waals surface area contributed by atoms with Crippen molar-refractivity contribution in [3.8, 4) is 0 Å². The highest BCUT2D eigenvalue weighted by Gasteiger charge is 2.17. The number of aromatic nitrogens is 2. The van der Waals surface area contributed by atoms with E-state index in [1.165, 1.54) is 18.2 Å². The van der Waals surface area contributed by atoms with Crippen molar-refractivity contribution in [3.63, 3.8) is 0 Å². The van der Waals surface area contributed by atoms with Crippen LogP contribution in [0.5, 0.6) is 0 Å². The first-order valence-corrected chi connectivity index (χ1v) is 5.49. The van der Waals surface area contributed by atoms with E-state index in [9.17, 15) is 8.78 Å². The Bertz CT molecular complexity index is 518. The second-order valence-corrected chi connectivity index (χ2v) is 4.07. The van der Waals surface area contributed by atoms with Crippen molar-refractivity contribution in [2.45, 2.75) is 12.5 Å². The van der Waals surface area contributed by atoms with Crippen molar-refractivity contribution >= 4 is 0 Å². The summed E-state index contributed by atoms with van der Waals surface area (Å²) in [6.07, 6.45) is 3.49. The molecule has 1 unspecified atom stereocenters. The summed E-state index contributed by atoms with van der Waals surface area (Å²) in [4.78, 5) is 0. The molecule has 18 heavy (non-hydrogen) atoms. The van der Waals surface area contributed by atoms with Gasteiger partial charge in [0.25, 0.3) is 0 Å². The van der Waals surface area contributed by atoms with Gasteiger partial charge in [-0.2, -0.15) is 5.10 Å². The predicted octanol–water partition coefficient (Wildman–Crippen LogP) is 1.45. The molecule has 0 amide bonds. The molecule has 1 aromatic carbocycles. The highest BCUT2D eigenvalue weighted by atomic mass is 19.1. The molecule has 0 saturated heterocycles. The summed E-state index contributed by atoms with van der Waals surface area (Å²) in [5.74, 6) is 4.29. The van der Waals surface area contributed by atoms with Crippen LogP contribution >= 0.6 is 0 Å². The molecule has 1 aromatic heterocycles. The van der Waals surface area contributed by atoms with Crippen molar-refractivity contribution in [1.82, 2.24) is 15.2 Å². The van der Waals surface area contributed by atoms with Gasteiger partial charge < -0.3 is 0 Å². The molecule has 3 N–H and O–H groups in total. The van der Waals surface area contributed by atoms with Gasteiger partial charge in [-0.15, -0.1) is 0 Å². The smallest absolute Gasteiger partial charge is 0.129 e. The van der Waals surface area contributed by atoms with E-state index >= 15 is 0 Å². The van der Waals surface area contributed by atoms with Crippen molar-refractivity contribution in [2.75, 3.05) is 0 Å². The third-order valence-corrected chi connectivity index (χ3v) is 2.80. The molecule has 2 aromatic rings. The van der Waals surface area contributed by atoms with Crippen LogP contribution in [0.2, 0.25) is 0 Å². The molecule has 0 spiro atoms. The summed E-state index contributed by atoms with van der Waals surface area (Å²) in [6.45, 7) is 0. The van der Waals surface area contributed by atoms with Gasteiger partial charge in [0, 0.05) is 24.4 Å². The Balaban J connectivity index is 2.26. The Morgan fingerprint density at radius 1 is 1.39 bits per heavy atom. The van der Waals surface area contributed by atoms with Gasteiger partial charge in [-0.3, -0.25) is 16.0 Å². The molecular weight excluding hydrogens is 238 g/mol. The first kappa shape index (κ1) is 12.7. The Labute approximate surface area is 103 Å². The van der Waals surface area contributed by atoms with E-state index < -0.39 is 11.6 Å². The van der Waals surface area contributed by atoms with E-state index in [0.29, 0.717) is 0 Å². The van der Waals surface area contributed by atoms with E-state index in [2.05, 4.69) is 10.5 Å². The van der Waals surface area contributed by atoms with Crippen LogP contribution in [-0.2, 0) is 13.5 Å². The fourth-order valence-electron chi connectivity index (χ4n) is 1.82. The zero-order valence-corrected chi connectivity index (χ0v) is 9.90. The molecule has 96 valence electrons. The molecule has 4 nitrogen and oxygen atoms in total. The van der Waals surface area contributed by atoms with Crippen molar-refractivity contribution in [1.29, 1.82) is 0 Å². The molecule has 0 saturated carbocycles. The Morgan fingerprint density at radius 2 is 2.06 bits per heavy atom. The lowest BCUT2D eigenvalue weighted by Crippen LogP contribution is -2.29. The van der Waals surface area contributed by atoms with Gasteiger partial charge in [-0.1, -0.05) is 6.07 Å². The number of nitrogens with zero attached hydrogens (tertiary/aromatic N) is 2. The number of rotatable bonds is 4. The maximum Gasteiger partial charge on any atom is 0.129 e. The van der Waals surface area contributed by atoms with Gasteiger partial charge in [-0.05, 0) is 18.6 Å². The minimum atomic E-state index is -0.570. The normalized spacial score (nSPS) is 12.7. The van der Waals surface area contributed by atoms with Gasteiger partial charge in [0.15, 0.2) is 0 Å². The molecule has 2 rings (SSSR count). The summed E-state index contributed by atoms with van der Waals surface area (Å²) >= 11 is 0. The highest BCUT2D eigenvalue weighted by Crippen LogP contribution is 2.21. The van der Waals surface area contributed by atoms with E-state index in [1.54, 1.807) is 24.1 Å². The number of hydrogen-bond acceptors (Lipinski definition) is 3. The molecule has 1 heterocycles. The largest absolute Gasteiger partial charge is 0.275 e. The van der Waals surface area contributed by atoms with Crippen LogP contribution in [0.25, 0.3) is 0 Å². The lowest BCUT2D eigenvalue weighted by Gasteiger charge is -2.15. The summed E-state index contributed by atoms with van der Waals surface area (Å²) in [5.41, 5.74) is 3.35. The fourth-order valence-corrected chi connectivity index (χ4v) is 1.82. The molecule has 0 radical (unpaired) electrons. The van der Waals surface area contributed by atoms with Crippen LogP contribution in [0.15, 0.2) is 30.6 Å². The third-order valence-electron chi connectivity index (χ3n) is 2.80. The quantitative estimate of drug-likeness (QED) is 0.639. The van der Waals surface area contributed by atoms with E-state index in [0.717, 1.165) is 5.56 Å². The van der Waals surface area contributed by atoms with Gasteiger partial charge in [-0.25, -0.2) is 8.78 Å². The van der Waals surface area contributed by atoms with Crippen LogP contribution < -0.4 is 11.3 Å². The number of nitrogens with two attached hydrogens (primary N) is 1. The minimum absolute atomic E-state index is 0.0179.